The summed E-state index contributed by atoms with van der Waals surface area (Å²) in [7, 11) is 0. The third kappa shape index (κ3) is 2.10. The Morgan fingerprint density at radius 3 is 2.50 bits per heavy atom. The van der Waals surface area contributed by atoms with Crippen molar-refractivity contribution in [2.45, 2.75) is 32.7 Å². The highest BCUT2D eigenvalue weighted by atomic mass is 15.0. The number of para-hydroxylation sites is 1. The van der Waals surface area contributed by atoms with Crippen molar-refractivity contribution in [1.29, 1.82) is 0 Å². The van der Waals surface area contributed by atoms with Crippen LogP contribution in [0.1, 0.15) is 31.9 Å². The number of nitrogens with two attached hydrogens (primary N) is 1. The van der Waals surface area contributed by atoms with Crippen LogP contribution in [0, 0.1) is 0 Å². The monoisotopic (exact) mass is 266 g/mol. The second-order valence-electron chi connectivity index (χ2n) is 5.72. The summed E-state index contributed by atoms with van der Waals surface area (Å²) in [5.41, 5.74) is 9.66. The maximum absolute atomic E-state index is 5.62. The Hall–Kier alpha value is -1.80. The van der Waals surface area contributed by atoms with Crippen molar-refractivity contribution >= 4 is 21.8 Å². The molecule has 3 rings (SSSR count). The van der Waals surface area contributed by atoms with Gasteiger partial charge in [-0.2, -0.15) is 0 Å². The Morgan fingerprint density at radius 1 is 1.00 bits per heavy atom. The van der Waals surface area contributed by atoms with Crippen LogP contribution < -0.4 is 5.73 Å². The second-order valence-corrected chi connectivity index (χ2v) is 5.72. The lowest BCUT2D eigenvalue weighted by atomic mass is 10.1. The van der Waals surface area contributed by atoms with Gasteiger partial charge in [0.15, 0.2) is 0 Å². The summed E-state index contributed by atoms with van der Waals surface area (Å²) in [4.78, 5) is 0. The second kappa shape index (κ2) is 5.29. The Bertz CT molecular complexity index is 738. The van der Waals surface area contributed by atoms with Gasteiger partial charge >= 0.3 is 0 Å². The number of hydrogen-bond acceptors (Lipinski definition) is 1. The molecule has 0 saturated carbocycles. The van der Waals surface area contributed by atoms with Crippen LogP contribution in [0.15, 0.2) is 42.5 Å². The molecule has 0 fully saturated rings. The molecule has 0 radical (unpaired) electrons. The molecule has 2 N–H and O–H groups in total. The molecule has 2 nitrogen and oxygen atoms in total. The zero-order chi connectivity index (χ0) is 14.1. The molecule has 0 spiro atoms. The molecular weight excluding hydrogens is 244 g/mol. The molecule has 2 aromatic carbocycles. The SMILES string of the molecule is CC(C)n1c2ccccc2c2cc(CCCN)ccc21. The summed E-state index contributed by atoms with van der Waals surface area (Å²) in [5.74, 6) is 0. The predicted octanol–water partition coefficient (Wildman–Crippen LogP) is 4.27. The van der Waals surface area contributed by atoms with Gasteiger partial charge in [-0.25, -0.2) is 0 Å². The van der Waals surface area contributed by atoms with Gasteiger partial charge in [0, 0.05) is 27.8 Å². The van der Waals surface area contributed by atoms with E-state index in [1.54, 1.807) is 0 Å². The number of benzene rings is 2. The minimum atomic E-state index is 0.465. The van der Waals surface area contributed by atoms with Gasteiger partial charge in [-0.3, -0.25) is 0 Å². The molecule has 0 aliphatic carbocycles. The van der Waals surface area contributed by atoms with Crippen LogP contribution in [0.3, 0.4) is 0 Å². The summed E-state index contributed by atoms with van der Waals surface area (Å²) in [6.07, 6.45) is 2.11. The van der Waals surface area contributed by atoms with Crippen molar-refractivity contribution in [2.75, 3.05) is 6.54 Å². The first-order valence-electron chi connectivity index (χ1n) is 7.44. The number of nitrogens with zero attached hydrogens (tertiary/aromatic N) is 1. The fourth-order valence-corrected chi connectivity index (χ4v) is 3.07. The number of aromatic nitrogens is 1. The fraction of sp³-hybridized carbons (Fsp3) is 0.333. The van der Waals surface area contributed by atoms with E-state index >= 15 is 0 Å². The van der Waals surface area contributed by atoms with Crippen molar-refractivity contribution < 1.29 is 0 Å². The fourth-order valence-electron chi connectivity index (χ4n) is 3.07. The summed E-state index contributed by atoms with van der Waals surface area (Å²) in [6.45, 7) is 5.24. The van der Waals surface area contributed by atoms with Gasteiger partial charge in [-0.1, -0.05) is 24.3 Å². The minimum Gasteiger partial charge on any atom is -0.338 e. The number of aryl methyl sites for hydroxylation is 1. The molecule has 0 aliphatic heterocycles. The van der Waals surface area contributed by atoms with Gasteiger partial charge in [0.2, 0.25) is 0 Å². The van der Waals surface area contributed by atoms with E-state index in [1.807, 2.05) is 0 Å². The van der Waals surface area contributed by atoms with Crippen LogP contribution in [0.25, 0.3) is 21.8 Å². The molecule has 2 heteroatoms. The van der Waals surface area contributed by atoms with E-state index in [-0.39, 0.29) is 0 Å². The average molecular weight is 266 g/mol. The highest BCUT2D eigenvalue weighted by Crippen LogP contribution is 2.32. The molecule has 0 bridgehead atoms. The van der Waals surface area contributed by atoms with Crippen LogP contribution >= 0.6 is 0 Å². The van der Waals surface area contributed by atoms with Gasteiger partial charge < -0.3 is 10.3 Å². The molecule has 104 valence electrons. The predicted molar refractivity (Wildman–Crippen MR) is 87.2 cm³/mol. The zero-order valence-electron chi connectivity index (χ0n) is 12.3. The van der Waals surface area contributed by atoms with Crippen LogP contribution in [-0.4, -0.2) is 11.1 Å². The molecule has 20 heavy (non-hydrogen) atoms. The first-order valence-corrected chi connectivity index (χ1v) is 7.44. The van der Waals surface area contributed by atoms with Crippen molar-refractivity contribution in [3.63, 3.8) is 0 Å². The summed E-state index contributed by atoms with van der Waals surface area (Å²) in [6, 6.07) is 16.0. The van der Waals surface area contributed by atoms with Gasteiger partial charge in [0.1, 0.15) is 0 Å². The van der Waals surface area contributed by atoms with E-state index in [2.05, 4.69) is 60.9 Å². The van der Waals surface area contributed by atoms with Gasteiger partial charge in [0.25, 0.3) is 0 Å². The summed E-state index contributed by atoms with van der Waals surface area (Å²) >= 11 is 0. The third-order valence-electron chi connectivity index (χ3n) is 3.96. The highest BCUT2D eigenvalue weighted by Gasteiger charge is 2.12. The average Bonchev–Trinajstić information content (AvgIpc) is 2.79. The Balaban J connectivity index is 2.26. The highest BCUT2D eigenvalue weighted by molar-refractivity contribution is 6.08. The van der Waals surface area contributed by atoms with E-state index in [0.29, 0.717) is 6.04 Å². The van der Waals surface area contributed by atoms with Gasteiger partial charge in [-0.05, 0) is 57.0 Å². The largest absolute Gasteiger partial charge is 0.338 e. The van der Waals surface area contributed by atoms with Crippen LogP contribution in [-0.2, 0) is 6.42 Å². The Kier molecular flexibility index (Phi) is 3.49. The lowest BCUT2D eigenvalue weighted by Crippen LogP contribution is -2.01. The lowest BCUT2D eigenvalue weighted by Gasteiger charge is -2.11. The maximum Gasteiger partial charge on any atom is 0.0493 e. The molecule has 1 aromatic heterocycles. The van der Waals surface area contributed by atoms with Crippen molar-refractivity contribution in [1.82, 2.24) is 4.57 Å². The molecule has 0 unspecified atom stereocenters. The first kappa shape index (κ1) is 13.2. The van der Waals surface area contributed by atoms with Crippen molar-refractivity contribution in [3.05, 3.63) is 48.0 Å². The van der Waals surface area contributed by atoms with Crippen LogP contribution in [0.4, 0.5) is 0 Å². The molecule has 0 saturated heterocycles. The first-order chi connectivity index (χ1) is 9.72. The van der Waals surface area contributed by atoms with Crippen molar-refractivity contribution in [2.24, 2.45) is 5.73 Å². The Morgan fingerprint density at radius 2 is 1.75 bits per heavy atom. The Labute approximate surface area is 120 Å². The quantitative estimate of drug-likeness (QED) is 0.751. The molecule has 0 aliphatic rings. The topological polar surface area (TPSA) is 30.9 Å². The smallest absolute Gasteiger partial charge is 0.0493 e. The molecule has 1 heterocycles. The van der Waals surface area contributed by atoms with Crippen LogP contribution in [0.5, 0.6) is 0 Å². The summed E-state index contributed by atoms with van der Waals surface area (Å²) in [5, 5.41) is 2.72. The van der Waals surface area contributed by atoms with E-state index < -0.39 is 0 Å². The minimum absolute atomic E-state index is 0.465. The molecular formula is C18H22N2. The van der Waals surface area contributed by atoms with Gasteiger partial charge in [-0.15, -0.1) is 0 Å². The van der Waals surface area contributed by atoms with Crippen molar-refractivity contribution in [3.8, 4) is 0 Å². The standard InChI is InChI=1S/C18H22N2/c1-13(2)20-17-8-4-3-7-15(17)16-12-14(6-5-11-19)9-10-18(16)20/h3-4,7-10,12-13H,5-6,11,19H2,1-2H3. The lowest BCUT2D eigenvalue weighted by molar-refractivity contribution is 0.642. The maximum atomic E-state index is 5.62. The van der Waals surface area contributed by atoms with Gasteiger partial charge in [0.05, 0.1) is 0 Å². The summed E-state index contributed by atoms with van der Waals surface area (Å²) < 4.78 is 2.43. The molecule has 0 atom stereocenters. The van der Waals surface area contributed by atoms with Crippen LogP contribution in [0.2, 0.25) is 0 Å². The third-order valence-corrected chi connectivity index (χ3v) is 3.96. The van der Waals surface area contributed by atoms with E-state index in [1.165, 1.54) is 27.4 Å². The number of rotatable bonds is 4. The molecule has 3 aromatic rings. The number of fused-ring (bicyclic) bond motifs is 3. The number of hydrogen-bond donors (Lipinski definition) is 1. The normalized spacial score (nSPS) is 11.8. The van der Waals surface area contributed by atoms with E-state index in [0.717, 1.165) is 19.4 Å². The van der Waals surface area contributed by atoms with E-state index in [9.17, 15) is 0 Å². The molecule has 0 amide bonds. The zero-order valence-corrected chi connectivity index (χ0v) is 12.3. The van der Waals surface area contributed by atoms with E-state index in [4.69, 9.17) is 5.73 Å².